The number of thiocarbonyl (C=S) groups is 1. The molecule has 0 aliphatic rings. The third-order valence-corrected chi connectivity index (χ3v) is 3.89. The summed E-state index contributed by atoms with van der Waals surface area (Å²) in [5.74, 6) is 0. The van der Waals surface area contributed by atoms with E-state index in [9.17, 15) is 4.79 Å². The van der Waals surface area contributed by atoms with Gasteiger partial charge in [0.25, 0.3) is 0 Å². The zero-order valence-electron chi connectivity index (χ0n) is 11.0. The smallest absolute Gasteiger partial charge is 0.323 e. The first-order chi connectivity index (χ1) is 10.5. The van der Waals surface area contributed by atoms with Crippen molar-refractivity contribution in [2.75, 3.05) is 10.6 Å². The minimum atomic E-state index is -0.247. The summed E-state index contributed by atoms with van der Waals surface area (Å²) in [6.45, 7) is 0. The van der Waals surface area contributed by atoms with Crippen molar-refractivity contribution in [2.24, 2.45) is 0 Å². The van der Waals surface area contributed by atoms with Gasteiger partial charge in [-0.2, -0.15) is 0 Å². The summed E-state index contributed by atoms with van der Waals surface area (Å²) in [6.07, 6.45) is 0. The molecule has 5 nitrogen and oxygen atoms in total. The number of halogens is 2. The monoisotopic (exact) mass is 352 g/mol. The van der Waals surface area contributed by atoms with Gasteiger partial charge in [-0.05, 0) is 48.6 Å². The number of anilines is 2. The minimum Gasteiger partial charge on any atom is -0.332 e. The average molecular weight is 353 g/mol. The quantitative estimate of drug-likeness (QED) is 0.526. The highest BCUT2D eigenvalue weighted by Crippen LogP contribution is 2.25. The van der Waals surface area contributed by atoms with E-state index in [1.807, 2.05) is 6.07 Å². The lowest BCUT2D eigenvalue weighted by atomic mass is 10.3. The van der Waals surface area contributed by atoms with Crippen LogP contribution >= 0.6 is 35.4 Å². The molecule has 3 rings (SSSR count). The van der Waals surface area contributed by atoms with Crippen molar-refractivity contribution in [3.63, 3.8) is 0 Å². The molecule has 0 atom stereocenters. The number of hydrogen-bond acceptors (Lipinski definition) is 2. The maximum absolute atomic E-state index is 11.2. The van der Waals surface area contributed by atoms with Crippen molar-refractivity contribution in [3.8, 4) is 0 Å². The number of imidazole rings is 1. The summed E-state index contributed by atoms with van der Waals surface area (Å²) >= 11 is 17.1. The predicted octanol–water partition coefficient (Wildman–Crippen LogP) is 3.97. The lowest BCUT2D eigenvalue weighted by molar-refractivity contribution is 1.22. The Kier molecular flexibility index (Phi) is 4.06. The Morgan fingerprint density at radius 1 is 0.909 bits per heavy atom. The van der Waals surface area contributed by atoms with Crippen LogP contribution in [0.25, 0.3) is 11.0 Å². The molecule has 0 saturated heterocycles. The van der Waals surface area contributed by atoms with Crippen LogP contribution < -0.4 is 16.3 Å². The SMILES string of the molecule is O=c1[nH]c2ccc(NC(=S)Nc3ccc(Cl)c(Cl)c3)cc2[nH]1. The van der Waals surface area contributed by atoms with Crippen molar-refractivity contribution >= 4 is 62.9 Å². The van der Waals surface area contributed by atoms with Gasteiger partial charge < -0.3 is 20.6 Å². The van der Waals surface area contributed by atoms with Gasteiger partial charge in [0.2, 0.25) is 0 Å². The first-order valence-electron chi connectivity index (χ1n) is 6.26. The Balaban J connectivity index is 1.74. The van der Waals surface area contributed by atoms with Crippen LogP contribution in [0.5, 0.6) is 0 Å². The van der Waals surface area contributed by atoms with Gasteiger partial charge in [0.15, 0.2) is 5.11 Å². The highest BCUT2D eigenvalue weighted by molar-refractivity contribution is 7.80. The van der Waals surface area contributed by atoms with Crippen LogP contribution in [0, 0.1) is 0 Å². The highest BCUT2D eigenvalue weighted by atomic mass is 35.5. The first-order valence-corrected chi connectivity index (χ1v) is 7.43. The second-order valence-electron chi connectivity index (χ2n) is 4.55. The summed E-state index contributed by atoms with van der Waals surface area (Å²) in [5.41, 5.74) is 2.67. The molecule has 0 unspecified atom stereocenters. The Morgan fingerprint density at radius 2 is 1.55 bits per heavy atom. The van der Waals surface area contributed by atoms with E-state index in [1.54, 1.807) is 30.3 Å². The molecule has 0 saturated carbocycles. The fourth-order valence-corrected chi connectivity index (χ4v) is 2.51. The second-order valence-corrected chi connectivity index (χ2v) is 5.77. The third kappa shape index (κ3) is 3.24. The van der Waals surface area contributed by atoms with Gasteiger partial charge >= 0.3 is 5.69 Å². The maximum Gasteiger partial charge on any atom is 0.323 e. The third-order valence-electron chi connectivity index (χ3n) is 2.95. The molecule has 2 aromatic carbocycles. The molecule has 0 spiro atoms. The van der Waals surface area contributed by atoms with Crippen molar-refractivity contribution in [2.45, 2.75) is 0 Å². The van der Waals surface area contributed by atoms with Gasteiger partial charge in [-0.1, -0.05) is 23.2 Å². The number of fused-ring (bicyclic) bond motifs is 1. The minimum absolute atomic E-state index is 0.247. The molecule has 0 aliphatic heterocycles. The summed E-state index contributed by atoms with van der Waals surface area (Å²) in [7, 11) is 0. The lowest BCUT2D eigenvalue weighted by Gasteiger charge is -2.11. The van der Waals surface area contributed by atoms with Crippen LogP contribution in [-0.4, -0.2) is 15.1 Å². The van der Waals surface area contributed by atoms with Crippen molar-refractivity contribution < 1.29 is 0 Å². The van der Waals surface area contributed by atoms with E-state index in [0.717, 1.165) is 16.9 Å². The van der Waals surface area contributed by atoms with E-state index in [2.05, 4.69) is 20.6 Å². The number of nitrogens with one attached hydrogen (secondary N) is 4. The fraction of sp³-hybridized carbons (Fsp3) is 0. The molecule has 112 valence electrons. The van der Waals surface area contributed by atoms with E-state index in [-0.39, 0.29) is 5.69 Å². The van der Waals surface area contributed by atoms with Crippen LogP contribution in [0.4, 0.5) is 11.4 Å². The van der Waals surface area contributed by atoms with Crippen molar-refractivity contribution in [1.82, 2.24) is 9.97 Å². The molecule has 0 amide bonds. The molecular formula is C14H10Cl2N4OS. The number of hydrogen-bond donors (Lipinski definition) is 4. The highest BCUT2D eigenvalue weighted by Gasteiger charge is 2.04. The van der Waals surface area contributed by atoms with Crippen molar-refractivity contribution in [3.05, 3.63) is 56.9 Å². The number of benzene rings is 2. The number of aromatic amines is 2. The molecule has 22 heavy (non-hydrogen) atoms. The van der Waals surface area contributed by atoms with E-state index in [0.29, 0.717) is 20.7 Å². The zero-order valence-corrected chi connectivity index (χ0v) is 13.4. The molecule has 3 aromatic rings. The Hall–Kier alpha value is -2.02. The lowest BCUT2D eigenvalue weighted by Crippen LogP contribution is -2.18. The number of rotatable bonds is 2. The normalized spacial score (nSPS) is 10.6. The summed E-state index contributed by atoms with van der Waals surface area (Å²) in [5, 5.41) is 7.37. The van der Waals surface area contributed by atoms with Crippen LogP contribution in [0.2, 0.25) is 10.0 Å². The van der Waals surface area contributed by atoms with Gasteiger partial charge in [-0.15, -0.1) is 0 Å². The molecule has 0 bridgehead atoms. The van der Waals surface area contributed by atoms with E-state index >= 15 is 0 Å². The standard InChI is InChI=1S/C14H10Cl2N4OS/c15-9-3-1-7(5-10(9)16)17-14(22)18-8-2-4-11-12(6-8)20-13(21)19-11/h1-6H,(H2,17,18,22)(H2,19,20,21). The molecule has 8 heteroatoms. The molecule has 1 aromatic heterocycles. The molecule has 1 heterocycles. The Labute approximate surface area is 140 Å². The zero-order chi connectivity index (χ0) is 15.7. The predicted molar refractivity (Wildman–Crippen MR) is 95.2 cm³/mol. The topological polar surface area (TPSA) is 72.7 Å². The largest absolute Gasteiger partial charge is 0.332 e. The first kappa shape index (κ1) is 14.9. The second kappa shape index (κ2) is 6.00. The molecular weight excluding hydrogens is 343 g/mol. The summed E-state index contributed by atoms with van der Waals surface area (Å²) < 4.78 is 0. The fourth-order valence-electron chi connectivity index (χ4n) is 1.98. The molecule has 0 aliphatic carbocycles. The van der Waals surface area contributed by atoms with Crippen LogP contribution in [0.3, 0.4) is 0 Å². The van der Waals surface area contributed by atoms with Crippen LogP contribution in [0.15, 0.2) is 41.2 Å². The van der Waals surface area contributed by atoms with Gasteiger partial charge in [0.1, 0.15) is 0 Å². The Morgan fingerprint density at radius 3 is 2.27 bits per heavy atom. The van der Waals surface area contributed by atoms with Crippen molar-refractivity contribution in [1.29, 1.82) is 0 Å². The van der Waals surface area contributed by atoms with Gasteiger partial charge in [0, 0.05) is 11.4 Å². The molecule has 4 N–H and O–H groups in total. The number of H-pyrrole nitrogens is 2. The van der Waals surface area contributed by atoms with Gasteiger partial charge in [-0.25, -0.2) is 4.79 Å². The van der Waals surface area contributed by atoms with E-state index < -0.39 is 0 Å². The van der Waals surface area contributed by atoms with Crippen LogP contribution in [-0.2, 0) is 0 Å². The summed E-state index contributed by atoms with van der Waals surface area (Å²) in [6, 6.07) is 10.5. The van der Waals surface area contributed by atoms with Gasteiger partial charge in [0.05, 0.1) is 21.1 Å². The molecule has 0 radical (unpaired) electrons. The summed E-state index contributed by atoms with van der Waals surface area (Å²) in [4.78, 5) is 16.6. The van der Waals surface area contributed by atoms with Crippen LogP contribution in [0.1, 0.15) is 0 Å². The molecule has 0 fully saturated rings. The van der Waals surface area contributed by atoms with E-state index in [4.69, 9.17) is 35.4 Å². The van der Waals surface area contributed by atoms with Gasteiger partial charge in [-0.3, -0.25) is 0 Å². The number of aromatic nitrogens is 2. The maximum atomic E-state index is 11.2. The Bertz CT molecular complexity index is 919. The average Bonchev–Trinajstić information content (AvgIpc) is 2.82. The van der Waals surface area contributed by atoms with E-state index in [1.165, 1.54) is 0 Å².